The minimum Gasteiger partial charge on any atom is -0.468 e. The van der Waals surface area contributed by atoms with Gasteiger partial charge in [-0.1, -0.05) is 30.4 Å². The minimum atomic E-state index is -0.547. The van der Waals surface area contributed by atoms with Gasteiger partial charge in [0.2, 0.25) is 0 Å². The van der Waals surface area contributed by atoms with E-state index in [1.54, 1.807) is 0 Å². The van der Waals surface area contributed by atoms with Gasteiger partial charge in [-0.05, 0) is 12.0 Å². The lowest BCUT2D eigenvalue weighted by Crippen LogP contribution is -2.48. The third-order valence-corrected chi connectivity index (χ3v) is 3.61. The zero-order chi connectivity index (χ0) is 10.5. The van der Waals surface area contributed by atoms with Gasteiger partial charge in [-0.2, -0.15) is 0 Å². The highest BCUT2D eigenvalue weighted by Crippen LogP contribution is 2.47. The van der Waals surface area contributed by atoms with E-state index in [1.165, 1.54) is 12.7 Å². The number of carbonyl (C=O) groups excluding carboxylic acids is 1. The van der Waals surface area contributed by atoms with Crippen LogP contribution in [0.25, 0.3) is 0 Å². The molecule has 0 saturated heterocycles. The zero-order valence-corrected chi connectivity index (χ0v) is 9.84. The number of carbonyl (C=O) groups is 1. The second kappa shape index (κ2) is 3.47. The van der Waals surface area contributed by atoms with Crippen LogP contribution >= 0.6 is 12.4 Å². The number of hydrogen-bond acceptors (Lipinski definition) is 3. The average Bonchev–Trinajstić information content (AvgIpc) is 2.71. The molecule has 0 saturated carbocycles. The van der Waals surface area contributed by atoms with E-state index in [0.717, 1.165) is 13.0 Å². The van der Waals surface area contributed by atoms with E-state index >= 15 is 0 Å². The molecule has 0 aromatic carbocycles. The van der Waals surface area contributed by atoms with Gasteiger partial charge in [0, 0.05) is 6.54 Å². The lowest BCUT2D eigenvalue weighted by atomic mass is 9.65. The summed E-state index contributed by atoms with van der Waals surface area (Å²) >= 11 is 0. The number of methoxy groups -OCH3 is 1. The van der Waals surface area contributed by atoms with Crippen molar-refractivity contribution >= 4 is 18.4 Å². The number of hydrogen-bond donors (Lipinski definition) is 1. The lowest BCUT2D eigenvalue weighted by molar-refractivity contribution is -0.147. The summed E-state index contributed by atoms with van der Waals surface area (Å²) in [5, 5.41) is 3.42. The van der Waals surface area contributed by atoms with Crippen molar-refractivity contribution in [3.63, 3.8) is 0 Å². The number of rotatable bonds is 1. The van der Waals surface area contributed by atoms with E-state index < -0.39 is 5.41 Å². The monoisotopic (exact) mass is 239 g/mol. The zero-order valence-electron chi connectivity index (χ0n) is 9.03. The highest BCUT2D eigenvalue weighted by atomic mass is 35.5. The van der Waals surface area contributed by atoms with Gasteiger partial charge in [0.15, 0.2) is 0 Å². The van der Waals surface area contributed by atoms with Crippen LogP contribution in [0.1, 0.15) is 6.42 Å². The second-order valence-electron chi connectivity index (χ2n) is 4.35. The highest BCUT2D eigenvalue weighted by Gasteiger charge is 2.49. The van der Waals surface area contributed by atoms with E-state index in [4.69, 9.17) is 4.74 Å². The molecule has 4 rings (SSSR count). The molecule has 1 spiro atoms. The summed E-state index contributed by atoms with van der Waals surface area (Å²) in [5.74, 6) is -0.170. The molecule has 3 nitrogen and oxygen atoms in total. The van der Waals surface area contributed by atoms with Crippen LogP contribution in [-0.2, 0) is 9.53 Å². The Hall–Kier alpha value is -1.06. The molecule has 3 aliphatic carbocycles. The molecular formula is C12H14ClNO2. The van der Waals surface area contributed by atoms with Crippen LogP contribution in [0.5, 0.6) is 0 Å². The van der Waals surface area contributed by atoms with Crippen molar-refractivity contribution in [3.05, 3.63) is 36.0 Å². The average molecular weight is 240 g/mol. The lowest BCUT2D eigenvalue weighted by Gasteiger charge is -2.42. The van der Waals surface area contributed by atoms with E-state index in [-0.39, 0.29) is 23.9 Å². The van der Waals surface area contributed by atoms with Gasteiger partial charge in [0.25, 0.3) is 0 Å². The van der Waals surface area contributed by atoms with Gasteiger partial charge in [-0.3, -0.25) is 10.1 Å². The first-order chi connectivity index (χ1) is 7.21. The first-order valence-electron chi connectivity index (χ1n) is 5.15. The Morgan fingerprint density at radius 3 is 2.69 bits per heavy atom. The van der Waals surface area contributed by atoms with Crippen LogP contribution < -0.4 is 5.32 Å². The summed E-state index contributed by atoms with van der Waals surface area (Å²) in [5.41, 5.74) is 0.641. The van der Waals surface area contributed by atoms with Gasteiger partial charge in [-0.25, -0.2) is 0 Å². The topological polar surface area (TPSA) is 38.3 Å². The van der Waals surface area contributed by atoms with Gasteiger partial charge < -0.3 is 4.74 Å². The quantitative estimate of drug-likeness (QED) is 0.555. The van der Waals surface area contributed by atoms with Gasteiger partial charge in [-0.15, -0.1) is 12.4 Å². The number of ether oxygens (including phenoxy) is 1. The third-order valence-electron chi connectivity index (χ3n) is 3.61. The Labute approximate surface area is 101 Å². The first kappa shape index (κ1) is 11.4. The largest absolute Gasteiger partial charge is 0.468 e. The molecule has 0 fully saturated rings. The summed E-state index contributed by atoms with van der Waals surface area (Å²) in [7, 11) is 1.44. The summed E-state index contributed by atoms with van der Waals surface area (Å²) in [6.07, 6.45) is 11.0. The summed E-state index contributed by atoms with van der Waals surface area (Å²) in [6.45, 7) is 0.876. The Bertz CT molecular complexity index is 409. The summed E-state index contributed by atoms with van der Waals surface area (Å²) in [6, 6.07) is 0. The maximum absolute atomic E-state index is 11.8. The van der Waals surface area contributed by atoms with Crippen LogP contribution in [0.15, 0.2) is 36.0 Å². The molecule has 1 aliphatic heterocycles. The molecular weight excluding hydrogens is 226 g/mol. The van der Waals surface area contributed by atoms with Crippen molar-refractivity contribution in [2.24, 2.45) is 5.41 Å². The molecule has 0 amide bonds. The fourth-order valence-electron chi connectivity index (χ4n) is 2.68. The SMILES string of the molecule is COC(=O)C12C=CC3(C=C1)NCC=C3C2.Cl. The predicted octanol–water partition coefficient (Wildman–Crippen LogP) is 1.37. The van der Waals surface area contributed by atoms with E-state index in [2.05, 4.69) is 23.5 Å². The smallest absolute Gasteiger partial charge is 0.319 e. The van der Waals surface area contributed by atoms with Crippen LogP contribution in [0.2, 0.25) is 0 Å². The second-order valence-corrected chi connectivity index (χ2v) is 4.35. The molecule has 2 bridgehead atoms. The number of nitrogens with one attached hydrogen (secondary N) is 1. The Balaban J connectivity index is 0.000000963. The van der Waals surface area contributed by atoms with Crippen molar-refractivity contribution in [1.82, 2.24) is 5.32 Å². The van der Waals surface area contributed by atoms with E-state index in [0.29, 0.717) is 0 Å². The molecule has 0 radical (unpaired) electrons. The maximum atomic E-state index is 11.8. The molecule has 4 aliphatic rings. The molecule has 0 unspecified atom stereocenters. The number of esters is 1. The summed E-state index contributed by atoms with van der Waals surface area (Å²) < 4.78 is 4.87. The van der Waals surface area contributed by atoms with Crippen LogP contribution in [0.3, 0.4) is 0 Å². The molecule has 16 heavy (non-hydrogen) atoms. The normalized spacial score (nSPS) is 37.7. The van der Waals surface area contributed by atoms with Crippen molar-refractivity contribution in [2.45, 2.75) is 12.0 Å². The maximum Gasteiger partial charge on any atom is 0.319 e. The molecule has 0 aromatic heterocycles. The molecule has 1 heterocycles. The molecule has 0 atom stereocenters. The Morgan fingerprint density at radius 2 is 2.06 bits per heavy atom. The number of halogens is 1. The van der Waals surface area contributed by atoms with Gasteiger partial charge in [0.1, 0.15) is 5.41 Å². The van der Waals surface area contributed by atoms with E-state index in [9.17, 15) is 4.79 Å². The van der Waals surface area contributed by atoms with Crippen LogP contribution in [0.4, 0.5) is 0 Å². The molecule has 0 aromatic rings. The van der Waals surface area contributed by atoms with Crippen molar-refractivity contribution in [3.8, 4) is 0 Å². The fourth-order valence-corrected chi connectivity index (χ4v) is 2.68. The van der Waals surface area contributed by atoms with Crippen molar-refractivity contribution in [2.75, 3.05) is 13.7 Å². The minimum absolute atomic E-state index is 0. The molecule has 86 valence electrons. The van der Waals surface area contributed by atoms with Crippen LogP contribution in [-0.4, -0.2) is 25.2 Å². The summed E-state index contributed by atoms with van der Waals surface area (Å²) in [4.78, 5) is 11.8. The third kappa shape index (κ3) is 1.22. The van der Waals surface area contributed by atoms with Crippen molar-refractivity contribution in [1.29, 1.82) is 0 Å². The Kier molecular flexibility index (Phi) is 2.48. The van der Waals surface area contributed by atoms with Crippen LogP contribution in [0, 0.1) is 5.41 Å². The van der Waals surface area contributed by atoms with Gasteiger partial charge >= 0.3 is 5.97 Å². The Morgan fingerprint density at radius 1 is 1.38 bits per heavy atom. The predicted molar refractivity (Wildman–Crippen MR) is 63.4 cm³/mol. The molecule has 4 heteroatoms. The standard InChI is InChI=1S/C12H13NO2.ClH/c1-15-10(14)11-3-5-12(6-4-11)9(8-11)2-7-13-12;/h2-6,13H,7-8H2,1H3;1H. The first-order valence-corrected chi connectivity index (χ1v) is 5.15. The highest BCUT2D eigenvalue weighted by molar-refractivity contribution is 5.85. The van der Waals surface area contributed by atoms with Crippen molar-refractivity contribution < 1.29 is 9.53 Å². The van der Waals surface area contributed by atoms with Gasteiger partial charge in [0.05, 0.1) is 12.6 Å². The fraction of sp³-hybridized carbons (Fsp3) is 0.417. The molecule has 1 N–H and O–H groups in total. The van der Waals surface area contributed by atoms with E-state index in [1.807, 2.05) is 12.2 Å².